The van der Waals surface area contributed by atoms with Gasteiger partial charge in [0.05, 0.1) is 11.0 Å². The van der Waals surface area contributed by atoms with Crippen molar-refractivity contribution in [2.45, 2.75) is 96.3 Å². The third-order valence-corrected chi connectivity index (χ3v) is 10.5. The Morgan fingerprint density at radius 1 is 0.727 bits per heavy atom. The van der Waals surface area contributed by atoms with Crippen LogP contribution in [0.4, 0.5) is 11.4 Å². The van der Waals surface area contributed by atoms with Crippen molar-refractivity contribution >= 4 is 56.4 Å². The number of benzene rings is 2. The molecule has 4 aromatic rings. The van der Waals surface area contributed by atoms with E-state index in [9.17, 15) is 0 Å². The van der Waals surface area contributed by atoms with Crippen LogP contribution >= 0.6 is 23.2 Å². The molecule has 230 valence electrons. The van der Waals surface area contributed by atoms with Gasteiger partial charge in [0.15, 0.2) is 0 Å². The number of nitrogens with zero attached hydrogens (tertiary/aromatic N) is 2. The number of anilines is 2. The highest BCUT2D eigenvalue weighted by Gasteiger charge is 2.33. The zero-order valence-corrected chi connectivity index (χ0v) is 27.5. The monoisotopic (exact) mass is 626 g/mol. The lowest BCUT2D eigenvalue weighted by Gasteiger charge is -2.36. The fourth-order valence-corrected chi connectivity index (χ4v) is 8.39. The van der Waals surface area contributed by atoms with Crippen molar-refractivity contribution in [3.63, 3.8) is 0 Å². The fraction of sp³-hybridized carbons (Fsp3) is 0.474. The van der Waals surface area contributed by atoms with E-state index < -0.39 is 0 Å². The van der Waals surface area contributed by atoms with Crippen molar-refractivity contribution < 1.29 is 0 Å². The van der Waals surface area contributed by atoms with E-state index in [1.807, 2.05) is 24.3 Å². The molecular formula is C38H44Cl2N4. The summed E-state index contributed by atoms with van der Waals surface area (Å²) in [7, 11) is 0. The summed E-state index contributed by atoms with van der Waals surface area (Å²) < 4.78 is 0. The zero-order chi connectivity index (χ0) is 30.0. The summed E-state index contributed by atoms with van der Waals surface area (Å²) in [6, 6.07) is 12.3. The van der Waals surface area contributed by atoms with Crippen molar-refractivity contribution in [2.75, 3.05) is 23.7 Å². The van der Waals surface area contributed by atoms with E-state index in [-0.39, 0.29) is 0 Å². The lowest BCUT2D eigenvalue weighted by Crippen LogP contribution is -2.24. The summed E-state index contributed by atoms with van der Waals surface area (Å²) in [6.45, 7) is 4.31. The van der Waals surface area contributed by atoms with Crippen LogP contribution in [-0.2, 0) is 19.3 Å². The van der Waals surface area contributed by atoms with E-state index in [2.05, 4.69) is 35.8 Å². The van der Waals surface area contributed by atoms with Gasteiger partial charge < -0.3 is 10.6 Å². The molecule has 44 heavy (non-hydrogen) atoms. The molecule has 0 amide bonds. The van der Waals surface area contributed by atoms with Gasteiger partial charge in [0.25, 0.3) is 0 Å². The van der Waals surface area contributed by atoms with Gasteiger partial charge in [-0.25, -0.2) is 0 Å². The van der Waals surface area contributed by atoms with Crippen LogP contribution in [0.1, 0.15) is 99.6 Å². The van der Waals surface area contributed by atoms with E-state index in [1.54, 1.807) is 0 Å². The van der Waals surface area contributed by atoms with Crippen LogP contribution in [0.3, 0.4) is 0 Å². The first-order valence-electron chi connectivity index (χ1n) is 16.9. The maximum absolute atomic E-state index is 6.38. The third kappa shape index (κ3) is 6.30. The molecule has 2 bridgehead atoms. The highest BCUT2D eigenvalue weighted by molar-refractivity contribution is 6.31. The van der Waals surface area contributed by atoms with Crippen LogP contribution in [0, 0.1) is 5.92 Å². The Kier molecular flexibility index (Phi) is 9.01. The van der Waals surface area contributed by atoms with Crippen molar-refractivity contribution in [1.82, 2.24) is 9.97 Å². The zero-order valence-electron chi connectivity index (χ0n) is 26.0. The number of unbranched alkanes of at least 4 members (excludes halogenated alkanes) is 5. The standard InChI is InChI=1S/C38H44Cl2N4/c1-24-18-25-20-26(19-24)36-35(21-25)44-34-23-28(40)13-15-31(34)38(36)42-17-9-5-3-2-4-8-16-41-37-29-10-6-7-11-32(29)43-33-22-27(39)12-14-30(33)37/h12-15,18,22-23,25-26H,2-11,16-17,19-21H2,1H3,(H,41,43)(H,42,44)/t25-,26+/m1/s1. The minimum Gasteiger partial charge on any atom is -0.384 e. The average molecular weight is 628 g/mol. The lowest BCUT2D eigenvalue weighted by molar-refractivity contribution is 0.433. The van der Waals surface area contributed by atoms with Crippen molar-refractivity contribution in [1.29, 1.82) is 0 Å². The highest BCUT2D eigenvalue weighted by atomic mass is 35.5. The van der Waals surface area contributed by atoms with E-state index in [0.717, 1.165) is 59.9 Å². The van der Waals surface area contributed by atoms with E-state index in [0.29, 0.717) is 11.8 Å². The first-order chi connectivity index (χ1) is 21.5. The Bertz CT molecular complexity index is 1710. The Balaban J connectivity index is 0.904. The molecule has 0 unspecified atom stereocenters. The number of halogens is 2. The third-order valence-electron chi connectivity index (χ3n) is 10.0. The van der Waals surface area contributed by atoms with Crippen molar-refractivity contribution in [3.05, 3.63) is 80.6 Å². The lowest BCUT2D eigenvalue weighted by atomic mass is 9.71. The molecule has 0 aliphatic heterocycles. The van der Waals surface area contributed by atoms with Crippen molar-refractivity contribution in [3.8, 4) is 0 Å². The smallest absolute Gasteiger partial charge is 0.0741 e. The Morgan fingerprint density at radius 2 is 1.34 bits per heavy atom. The van der Waals surface area contributed by atoms with Crippen LogP contribution in [-0.4, -0.2) is 23.1 Å². The summed E-state index contributed by atoms with van der Waals surface area (Å²) in [5.41, 5.74) is 11.7. The Morgan fingerprint density at radius 3 is 2.07 bits per heavy atom. The molecule has 2 aromatic carbocycles. The van der Waals surface area contributed by atoms with Crippen LogP contribution in [0.15, 0.2) is 48.0 Å². The topological polar surface area (TPSA) is 49.8 Å². The minimum absolute atomic E-state index is 0.575. The predicted molar refractivity (Wildman–Crippen MR) is 188 cm³/mol. The molecule has 7 rings (SSSR count). The first kappa shape index (κ1) is 29.9. The Labute approximate surface area is 272 Å². The van der Waals surface area contributed by atoms with Gasteiger partial charge in [-0.1, -0.05) is 60.5 Å². The second-order valence-electron chi connectivity index (χ2n) is 13.4. The van der Waals surface area contributed by atoms with E-state index >= 15 is 0 Å². The second-order valence-corrected chi connectivity index (χ2v) is 14.3. The maximum Gasteiger partial charge on any atom is 0.0741 e. The number of fused-ring (bicyclic) bond motifs is 7. The van der Waals surface area contributed by atoms with Crippen LogP contribution < -0.4 is 10.6 Å². The molecule has 0 radical (unpaired) electrons. The molecule has 3 aliphatic rings. The van der Waals surface area contributed by atoms with E-state index in [1.165, 1.54) is 108 Å². The number of aryl methyl sites for hydroxylation is 1. The molecule has 6 heteroatoms. The number of hydrogen-bond donors (Lipinski definition) is 2. The maximum atomic E-state index is 6.38. The minimum atomic E-state index is 0.575. The van der Waals surface area contributed by atoms with Gasteiger partial charge in [-0.3, -0.25) is 9.97 Å². The van der Waals surface area contributed by atoms with Gasteiger partial charge in [-0.2, -0.15) is 0 Å². The summed E-state index contributed by atoms with van der Waals surface area (Å²) in [4.78, 5) is 10.1. The molecule has 3 aliphatic carbocycles. The summed E-state index contributed by atoms with van der Waals surface area (Å²) in [5.74, 6) is 1.20. The first-order valence-corrected chi connectivity index (χ1v) is 17.7. The van der Waals surface area contributed by atoms with Crippen LogP contribution in [0.25, 0.3) is 21.8 Å². The predicted octanol–water partition coefficient (Wildman–Crippen LogP) is 10.8. The molecule has 0 saturated carbocycles. The molecular weight excluding hydrogens is 583 g/mol. The summed E-state index contributed by atoms with van der Waals surface area (Å²) >= 11 is 12.7. The average Bonchev–Trinajstić information content (AvgIpc) is 3.00. The fourth-order valence-electron chi connectivity index (χ4n) is 8.06. The van der Waals surface area contributed by atoms with Crippen LogP contribution in [0.2, 0.25) is 10.0 Å². The summed E-state index contributed by atoms with van der Waals surface area (Å²) in [5, 5.41) is 11.7. The van der Waals surface area contributed by atoms with Gasteiger partial charge in [0, 0.05) is 62.2 Å². The van der Waals surface area contributed by atoms with E-state index in [4.69, 9.17) is 33.2 Å². The molecule has 4 nitrogen and oxygen atoms in total. The summed E-state index contributed by atoms with van der Waals surface area (Å²) in [6.07, 6.45) is 18.1. The number of hydrogen-bond acceptors (Lipinski definition) is 4. The van der Waals surface area contributed by atoms with Crippen molar-refractivity contribution in [2.24, 2.45) is 5.92 Å². The molecule has 0 saturated heterocycles. The normalized spacial score (nSPS) is 19.0. The number of allylic oxidation sites excluding steroid dienone is 2. The number of pyridine rings is 2. The van der Waals surface area contributed by atoms with Gasteiger partial charge in [-0.05, 0) is 119 Å². The van der Waals surface area contributed by atoms with Crippen LogP contribution in [0.5, 0.6) is 0 Å². The second kappa shape index (κ2) is 13.3. The number of rotatable bonds is 11. The van der Waals surface area contributed by atoms with Gasteiger partial charge in [0.2, 0.25) is 0 Å². The van der Waals surface area contributed by atoms with Gasteiger partial charge in [-0.15, -0.1) is 0 Å². The molecule has 0 fully saturated rings. The molecule has 0 spiro atoms. The molecule has 2 atom stereocenters. The molecule has 2 heterocycles. The van der Waals surface area contributed by atoms with Gasteiger partial charge in [0.1, 0.15) is 0 Å². The quantitative estimate of drug-likeness (QED) is 0.128. The molecule has 2 aromatic heterocycles. The van der Waals surface area contributed by atoms with Gasteiger partial charge >= 0.3 is 0 Å². The SMILES string of the molecule is CC1=C[C@H]2Cc3nc4cc(Cl)ccc4c(NCCCCCCCCNc4c5c(nc6cc(Cl)ccc46)CCCC5)c3[C@@H](C1)C2. The largest absolute Gasteiger partial charge is 0.384 e. The highest BCUT2D eigenvalue weighted by Crippen LogP contribution is 2.47. The number of aromatic nitrogens is 2. The molecule has 2 N–H and O–H groups in total. The Hall–Kier alpha value is -2.82. The number of nitrogens with one attached hydrogen (secondary N) is 2.